The summed E-state index contributed by atoms with van der Waals surface area (Å²) in [5, 5.41) is 3.80. The summed E-state index contributed by atoms with van der Waals surface area (Å²) in [7, 11) is 0. The van der Waals surface area contributed by atoms with E-state index in [-0.39, 0.29) is 0 Å². The van der Waals surface area contributed by atoms with Gasteiger partial charge in [0.2, 0.25) is 0 Å². The zero-order valence-electron chi connectivity index (χ0n) is 16.3. The molecule has 0 aliphatic heterocycles. The number of benzene rings is 1. The second kappa shape index (κ2) is 9.19. The summed E-state index contributed by atoms with van der Waals surface area (Å²) in [5.41, 5.74) is 8.90. The average molecular weight is 343 g/mol. The van der Waals surface area contributed by atoms with Crippen LogP contribution in [-0.2, 0) is 6.54 Å². The highest BCUT2D eigenvalue weighted by Crippen LogP contribution is 2.35. The van der Waals surface area contributed by atoms with Crippen LogP contribution in [0.15, 0.2) is 24.3 Å². The summed E-state index contributed by atoms with van der Waals surface area (Å²) in [6, 6.07) is 10.4. The summed E-state index contributed by atoms with van der Waals surface area (Å²) in [6.45, 7) is 5.54. The van der Waals surface area contributed by atoms with E-state index in [1.165, 1.54) is 68.9 Å². The Labute approximate surface area is 155 Å². The Morgan fingerprint density at radius 2 is 1.44 bits per heavy atom. The van der Waals surface area contributed by atoms with Gasteiger partial charge in [0.25, 0.3) is 0 Å². The Kier molecular flexibility index (Phi) is 6.95. The van der Waals surface area contributed by atoms with Crippen molar-refractivity contribution in [1.82, 2.24) is 5.32 Å². The van der Waals surface area contributed by atoms with Gasteiger partial charge in [0.15, 0.2) is 0 Å². The molecule has 2 aliphatic rings. The maximum Gasteiger partial charge on any atom is 0.0208 e. The maximum atomic E-state index is 6.04. The average Bonchev–Trinajstić information content (AvgIpc) is 2.63. The van der Waals surface area contributed by atoms with Crippen LogP contribution in [0.3, 0.4) is 0 Å². The van der Waals surface area contributed by atoms with Crippen molar-refractivity contribution in [2.24, 2.45) is 17.6 Å². The second-order valence-corrected chi connectivity index (χ2v) is 9.01. The second-order valence-electron chi connectivity index (χ2n) is 9.01. The zero-order valence-corrected chi connectivity index (χ0v) is 16.3. The van der Waals surface area contributed by atoms with Crippen LogP contribution in [0.4, 0.5) is 0 Å². The minimum atomic E-state index is 0.491. The molecule has 0 spiro atoms. The molecule has 2 saturated carbocycles. The standard InChI is InChI=1S/C23H38N2/c1-17(2)21-9-3-20(4-10-21)16-25-23-13-7-19(8-14-23)15-18-5-11-22(24)12-6-18/h3-4,9-10,17-19,22-23,25H,5-8,11-16,24H2,1-2H3. The monoisotopic (exact) mass is 342 g/mol. The molecule has 2 nitrogen and oxygen atoms in total. The fourth-order valence-corrected chi connectivity index (χ4v) is 4.78. The lowest BCUT2D eigenvalue weighted by atomic mass is 9.76. The first kappa shape index (κ1) is 18.9. The van der Waals surface area contributed by atoms with Gasteiger partial charge in [0.1, 0.15) is 0 Å². The third-order valence-corrected chi connectivity index (χ3v) is 6.65. The Bertz CT molecular complexity index is 491. The minimum absolute atomic E-state index is 0.491. The van der Waals surface area contributed by atoms with Gasteiger partial charge >= 0.3 is 0 Å². The molecule has 140 valence electrons. The predicted molar refractivity (Wildman–Crippen MR) is 108 cm³/mol. The van der Waals surface area contributed by atoms with Gasteiger partial charge in [-0.2, -0.15) is 0 Å². The zero-order chi connectivity index (χ0) is 17.6. The van der Waals surface area contributed by atoms with Crippen molar-refractivity contribution < 1.29 is 0 Å². The number of nitrogens with one attached hydrogen (secondary N) is 1. The molecule has 0 amide bonds. The predicted octanol–water partition coefficient (Wildman–Crippen LogP) is 5.37. The van der Waals surface area contributed by atoms with Crippen molar-refractivity contribution in [1.29, 1.82) is 0 Å². The van der Waals surface area contributed by atoms with Gasteiger partial charge in [-0.1, -0.05) is 38.1 Å². The summed E-state index contributed by atoms with van der Waals surface area (Å²) in [5.74, 6) is 2.56. The number of rotatable bonds is 6. The van der Waals surface area contributed by atoms with Crippen molar-refractivity contribution >= 4 is 0 Å². The van der Waals surface area contributed by atoms with Crippen LogP contribution in [0, 0.1) is 11.8 Å². The molecule has 0 aromatic heterocycles. The summed E-state index contributed by atoms with van der Waals surface area (Å²) in [4.78, 5) is 0. The topological polar surface area (TPSA) is 38.0 Å². The van der Waals surface area contributed by atoms with Crippen LogP contribution in [0.25, 0.3) is 0 Å². The molecule has 3 rings (SSSR count). The first-order valence-corrected chi connectivity index (χ1v) is 10.7. The van der Waals surface area contributed by atoms with Crippen molar-refractivity contribution in [3.05, 3.63) is 35.4 Å². The first-order valence-electron chi connectivity index (χ1n) is 10.7. The molecule has 3 N–H and O–H groups in total. The molecular weight excluding hydrogens is 304 g/mol. The van der Waals surface area contributed by atoms with E-state index in [1.807, 2.05) is 0 Å². The van der Waals surface area contributed by atoms with Gasteiger partial charge in [-0.3, -0.25) is 0 Å². The van der Waals surface area contributed by atoms with Gasteiger partial charge in [0.05, 0.1) is 0 Å². The molecule has 2 heteroatoms. The molecule has 0 heterocycles. The molecule has 0 atom stereocenters. The van der Waals surface area contributed by atoms with Crippen molar-refractivity contribution in [3.63, 3.8) is 0 Å². The Morgan fingerprint density at radius 1 is 0.880 bits per heavy atom. The van der Waals surface area contributed by atoms with E-state index in [4.69, 9.17) is 5.73 Å². The summed E-state index contributed by atoms with van der Waals surface area (Å²) >= 11 is 0. The van der Waals surface area contributed by atoms with E-state index >= 15 is 0 Å². The van der Waals surface area contributed by atoms with E-state index in [0.717, 1.165) is 24.4 Å². The van der Waals surface area contributed by atoms with Crippen molar-refractivity contribution in [2.45, 2.75) is 96.2 Å². The van der Waals surface area contributed by atoms with Crippen LogP contribution in [0.2, 0.25) is 0 Å². The Morgan fingerprint density at radius 3 is 2.00 bits per heavy atom. The highest BCUT2D eigenvalue weighted by molar-refractivity contribution is 5.24. The van der Waals surface area contributed by atoms with Gasteiger partial charge < -0.3 is 11.1 Å². The normalized spacial score (nSPS) is 30.6. The number of hydrogen-bond acceptors (Lipinski definition) is 2. The number of hydrogen-bond donors (Lipinski definition) is 2. The van der Waals surface area contributed by atoms with Crippen LogP contribution in [0.1, 0.15) is 88.7 Å². The molecule has 2 aliphatic carbocycles. The van der Waals surface area contributed by atoms with E-state index in [9.17, 15) is 0 Å². The highest BCUT2D eigenvalue weighted by Gasteiger charge is 2.25. The van der Waals surface area contributed by atoms with Crippen LogP contribution < -0.4 is 11.1 Å². The molecule has 1 aromatic carbocycles. The lowest BCUT2D eigenvalue weighted by Crippen LogP contribution is -2.33. The molecular formula is C23H38N2. The molecule has 25 heavy (non-hydrogen) atoms. The summed E-state index contributed by atoms with van der Waals surface area (Å²) in [6.07, 6.45) is 12.3. The minimum Gasteiger partial charge on any atom is -0.328 e. The Balaban J connectivity index is 1.35. The lowest BCUT2D eigenvalue weighted by Gasteiger charge is -2.33. The van der Waals surface area contributed by atoms with E-state index < -0.39 is 0 Å². The van der Waals surface area contributed by atoms with Crippen molar-refractivity contribution in [2.75, 3.05) is 0 Å². The van der Waals surface area contributed by atoms with Gasteiger partial charge in [0, 0.05) is 18.6 Å². The van der Waals surface area contributed by atoms with E-state index in [1.54, 1.807) is 0 Å². The highest BCUT2D eigenvalue weighted by atomic mass is 14.9. The van der Waals surface area contributed by atoms with Gasteiger partial charge in [-0.15, -0.1) is 0 Å². The van der Waals surface area contributed by atoms with Crippen LogP contribution >= 0.6 is 0 Å². The first-order chi connectivity index (χ1) is 12.1. The van der Waals surface area contributed by atoms with Gasteiger partial charge in [-0.05, 0) is 86.7 Å². The van der Waals surface area contributed by atoms with Crippen molar-refractivity contribution in [3.8, 4) is 0 Å². The fourth-order valence-electron chi connectivity index (χ4n) is 4.78. The summed E-state index contributed by atoms with van der Waals surface area (Å²) < 4.78 is 0. The van der Waals surface area contributed by atoms with E-state index in [2.05, 4.69) is 43.4 Å². The molecule has 0 unspecified atom stereocenters. The lowest BCUT2D eigenvalue weighted by molar-refractivity contribution is 0.214. The molecule has 0 bridgehead atoms. The fraction of sp³-hybridized carbons (Fsp3) is 0.739. The molecule has 0 radical (unpaired) electrons. The van der Waals surface area contributed by atoms with Crippen LogP contribution in [-0.4, -0.2) is 12.1 Å². The SMILES string of the molecule is CC(C)c1ccc(CNC2CCC(CC3CCC(N)CC3)CC2)cc1. The van der Waals surface area contributed by atoms with E-state index in [0.29, 0.717) is 12.0 Å². The Hall–Kier alpha value is -0.860. The van der Waals surface area contributed by atoms with Gasteiger partial charge in [-0.25, -0.2) is 0 Å². The molecule has 1 aromatic rings. The maximum absolute atomic E-state index is 6.04. The molecule has 0 saturated heterocycles. The quantitative estimate of drug-likeness (QED) is 0.729. The third kappa shape index (κ3) is 5.82. The van der Waals surface area contributed by atoms with Crippen LogP contribution in [0.5, 0.6) is 0 Å². The smallest absolute Gasteiger partial charge is 0.0208 e. The third-order valence-electron chi connectivity index (χ3n) is 6.65. The number of nitrogens with two attached hydrogens (primary N) is 1. The largest absolute Gasteiger partial charge is 0.328 e. The molecule has 2 fully saturated rings.